The summed E-state index contributed by atoms with van der Waals surface area (Å²) >= 11 is 0. The summed E-state index contributed by atoms with van der Waals surface area (Å²) in [5, 5.41) is 3.17. The van der Waals surface area contributed by atoms with E-state index in [4.69, 9.17) is 6.42 Å². The van der Waals surface area contributed by atoms with Crippen LogP contribution in [0.5, 0.6) is 0 Å². The molecule has 1 amide bonds. The van der Waals surface area contributed by atoms with Crippen molar-refractivity contribution in [3.05, 3.63) is 0 Å². The second kappa shape index (κ2) is 5.77. The molecule has 2 atom stereocenters. The Morgan fingerprint density at radius 2 is 2.13 bits per heavy atom. The van der Waals surface area contributed by atoms with E-state index in [0.29, 0.717) is 0 Å². The summed E-state index contributed by atoms with van der Waals surface area (Å²) in [5.74, 6) is 2.83. The lowest BCUT2D eigenvalue weighted by Crippen LogP contribution is -2.47. The van der Waals surface area contributed by atoms with Crippen LogP contribution in [0.1, 0.15) is 33.1 Å². The lowest BCUT2D eigenvalue weighted by atomic mass is 10.2. The molecular weight excluding hydrogens is 188 g/mol. The summed E-state index contributed by atoms with van der Waals surface area (Å²) in [6.45, 7) is 5.71. The number of hydrogen-bond acceptors (Lipinski definition) is 2. The molecular formula is C12H20N2O. The van der Waals surface area contributed by atoms with E-state index in [1.165, 1.54) is 0 Å². The Hall–Kier alpha value is -1.01. The fourth-order valence-corrected chi connectivity index (χ4v) is 1.87. The summed E-state index contributed by atoms with van der Waals surface area (Å²) in [6.07, 6.45) is 8.46. The number of nitrogens with zero attached hydrogens (tertiary/aromatic N) is 1. The van der Waals surface area contributed by atoms with E-state index >= 15 is 0 Å². The largest absolute Gasteiger partial charge is 0.341 e. The fraction of sp³-hybridized carbons (Fsp3) is 0.750. The minimum atomic E-state index is -0.163. The quantitative estimate of drug-likeness (QED) is 0.699. The average Bonchev–Trinajstić information content (AvgIpc) is 2.77. The normalized spacial score (nSPS) is 19.7. The van der Waals surface area contributed by atoms with Gasteiger partial charge in [-0.1, -0.05) is 12.8 Å². The Morgan fingerprint density at radius 3 is 2.60 bits per heavy atom. The molecule has 1 aliphatic rings. The first kappa shape index (κ1) is 12.1. The third-order valence-corrected chi connectivity index (χ3v) is 2.85. The number of nitrogens with one attached hydrogen (secondary N) is 1. The van der Waals surface area contributed by atoms with Crippen molar-refractivity contribution in [3.63, 3.8) is 0 Å². The van der Waals surface area contributed by atoms with Crippen LogP contribution in [0.2, 0.25) is 0 Å². The Bertz CT molecular complexity index is 251. The molecule has 0 spiro atoms. The lowest BCUT2D eigenvalue weighted by Gasteiger charge is -2.23. The minimum absolute atomic E-state index is 0.00607. The van der Waals surface area contributed by atoms with Crippen LogP contribution in [0, 0.1) is 12.3 Å². The molecule has 0 aliphatic carbocycles. The molecule has 1 saturated heterocycles. The monoisotopic (exact) mass is 208 g/mol. The van der Waals surface area contributed by atoms with E-state index < -0.39 is 0 Å². The van der Waals surface area contributed by atoms with Crippen molar-refractivity contribution >= 4 is 5.91 Å². The van der Waals surface area contributed by atoms with Crippen LogP contribution in [0.4, 0.5) is 0 Å². The van der Waals surface area contributed by atoms with Gasteiger partial charge in [0.2, 0.25) is 5.91 Å². The average molecular weight is 208 g/mol. The van der Waals surface area contributed by atoms with Gasteiger partial charge in [-0.2, -0.15) is 0 Å². The summed E-state index contributed by atoms with van der Waals surface area (Å²) in [7, 11) is 0. The van der Waals surface area contributed by atoms with Crippen LogP contribution in [0.3, 0.4) is 0 Å². The van der Waals surface area contributed by atoms with Crippen LogP contribution < -0.4 is 5.32 Å². The minimum Gasteiger partial charge on any atom is -0.341 e. The first-order valence-corrected chi connectivity index (χ1v) is 5.70. The molecule has 1 N–H and O–H groups in total. The summed E-state index contributed by atoms with van der Waals surface area (Å²) in [6, 6.07) is -0.157. The maximum absolute atomic E-state index is 11.9. The zero-order valence-corrected chi connectivity index (χ0v) is 9.62. The second-order valence-corrected chi connectivity index (χ2v) is 4.05. The standard InChI is InChI=1S/C12H20N2O/c1-4-11(5-2)13-10(3)12(15)14-8-6-7-9-14/h1,10-11,13H,5-9H2,2-3H3. The van der Waals surface area contributed by atoms with Gasteiger partial charge in [-0.15, -0.1) is 6.42 Å². The Morgan fingerprint density at radius 1 is 1.53 bits per heavy atom. The van der Waals surface area contributed by atoms with Crippen LogP contribution in [-0.2, 0) is 4.79 Å². The molecule has 1 fully saturated rings. The second-order valence-electron chi connectivity index (χ2n) is 4.05. The van der Waals surface area contributed by atoms with Crippen LogP contribution in [0.25, 0.3) is 0 Å². The smallest absolute Gasteiger partial charge is 0.239 e. The lowest BCUT2D eigenvalue weighted by molar-refractivity contribution is -0.132. The van der Waals surface area contributed by atoms with Crippen molar-refractivity contribution < 1.29 is 4.79 Å². The van der Waals surface area contributed by atoms with E-state index in [2.05, 4.69) is 11.2 Å². The van der Waals surface area contributed by atoms with Gasteiger partial charge in [-0.05, 0) is 26.2 Å². The highest BCUT2D eigenvalue weighted by Crippen LogP contribution is 2.09. The van der Waals surface area contributed by atoms with Crippen LogP contribution in [-0.4, -0.2) is 36.0 Å². The molecule has 3 heteroatoms. The highest BCUT2D eigenvalue weighted by atomic mass is 16.2. The molecule has 0 aromatic carbocycles. The molecule has 0 aromatic rings. The highest BCUT2D eigenvalue weighted by Gasteiger charge is 2.23. The summed E-state index contributed by atoms with van der Waals surface area (Å²) in [4.78, 5) is 13.8. The van der Waals surface area contributed by atoms with E-state index in [1.54, 1.807) is 0 Å². The topological polar surface area (TPSA) is 32.3 Å². The van der Waals surface area contributed by atoms with E-state index in [0.717, 1.165) is 32.4 Å². The van der Waals surface area contributed by atoms with E-state index in [1.807, 2.05) is 18.7 Å². The van der Waals surface area contributed by atoms with Gasteiger partial charge in [0.25, 0.3) is 0 Å². The first-order valence-electron chi connectivity index (χ1n) is 5.70. The zero-order chi connectivity index (χ0) is 11.3. The Labute approximate surface area is 92.2 Å². The molecule has 3 nitrogen and oxygen atoms in total. The Balaban J connectivity index is 2.42. The van der Waals surface area contributed by atoms with Gasteiger partial charge in [-0.3, -0.25) is 10.1 Å². The van der Waals surface area contributed by atoms with E-state index in [9.17, 15) is 4.79 Å². The molecule has 84 valence electrons. The van der Waals surface area contributed by atoms with Gasteiger partial charge in [-0.25, -0.2) is 0 Å². The predicted octanol–water partition coefficient (Wildman–Crippen LogP) is 0.999. The molecule has 1 rings (SSSR count). The van der Waals surface area contributed by atoms with Gasteiger partial charge in [0.15, 0.2) is 0 Å². The number of hydrogen-bond donors (Lipinski definition) is 1. The van der Waals surface area contributed by atoms with Crippen molar-refractivity contribution in [2.75, 3.05) is 13.1 Å². The van der Waals surface area contributed by atoms with Gasteiger partial charge < -0.3 is 4.90 Å². The summed E-state index contributed by atoms with van der Waals surface area (Å²) in [5.41, 5.74) is 0. The van der Waals surface area contributed by atoms with Crippen molar-refractivity contribution in [1.29, 1.82) is 0 Å². The van der Waals surface area contributed by atoms with Gasteiger partial charge in [0, 0.05) is 13.1 Å². The van der Waals surface area contributed by atoms with Crippen LogP contribution in [0.15, 0.2) is 0 Å². The fourth-order valence-electron chi connectivity index (χ4n) is 1.87. The number of terminal acetylenes is 1. The third-order valence-electron chi connectivity index (χ3n) is 2.85. The number of carbonyl (C=O) groups excluding carboxylic acids is 1. The molecule has 2 unspecified atom stereocenters. The van der Waals surface area contributed by atoms with Gasteiger partial charge in [0.05, 0.1) is 12.1 Å². The maximum atomic E-state index is 11.9. The maximum Gasteiger partial charge on any atom is 0.239 e. The number of amides is 1. The molecule has 1 heterocycles. The number of likely N-dealkylation sites (tertiary alicyclic amines) is 1. The van der Waals surface area contributed by atoms with Gasteiger partial charge >= 0.3 is 0 Å². The van der Waals surface area contributed by atoms with Crippen molar-refractivity contribution in [2.24, 2.45) is 0 Å². The highest BCUT2D eigenvalue weighted by molar-refractivity contribution is 5.81. The number of carbonyl (C=O) groups is 1. The molecule has 0 bridgehead atoms. The van der Waals surface area contributed by atoms with Gasteiger partial charge in [0.1, 0.15) is 0 Å². The Kier molecular flexibility index (Phi) is 4.64. The first-order chi connectivity index (χ1) is 7.19. The molecule has 1 aliphatic heterocycles. The van der Waals surface area contributed by atoms with Crippen molar-refractivity contribution in [1.82, 2.24) is 10.2 Å². The van der Waals surface area contributed by atoms with Crippen molar-refractivity contribution in [2.45, 2.75) is 45.2 Å². The third kappa shape index (κ3) is 3.24. The van der Waals surface area contributed by atoms with Crippen LogP contribution >= 0.6 is 0 Å². The van der Waals surface area contributed by atoms with Crippen molar-refractivity contribution in [3.8, 4) is 12.3 Å². The zero-order valence-electron chi connectivity index (χ0n) is 9.62. The number of rotatable bonds is 4. The SMILES string of the molecule is C#CC(CC)NC(C)C(=O)N1CCCC1. The predicted molar refractivity (Wildman–Crippen MR) is 61.3 cm³/mol. The summed E-state index contributed by atoms with van der Waals surface area (Å²) < 4.78 is 0. The van der Waals surface area contributed by atoms with E-state index in [-0.39, 0.29) is 18.0 Å². The molecule has 0 aromatic heterocycles. The molecule has 0 saturated carbocycles. The molecule has 0 radical (unpaired) electrons. The molecule has 15 heavy (non-hydrogen) atoms.